The summed E-state index contributed by atoms with van der Waals surface area (Å²) < 4.78 is 47.3. The highest BCUT2D eigenvalue weighted by Crippen LogP contribution is 2.35. The summed E-state index contributed by atoms with van der Waals surface area (Å²) in [5.41, 5.74) is 4.40. The van der Waals surface area contributed by atoms with Gasteiger partial charge in [0.05, 0.1) is 21.6 Å². The van der Waals surface area contributed by atoms with Crippen LogP contribution in [-0.4, -0.2) is 112 Å². The van der Waals surface area contributed by atoms with Gasteiger partial charge in [-0.25, -0.2) is 18.1 Å². The maximum absolute atomic E-state index is 13.9. The zero-order chi connectivity index (χ0) is 45.5. The number of piperazine rings is 1. The molecule has 1 amide bonds. The Labute approximate surface area is 382 Å². The Kier molecular flexibility index (Phi) is 14.2. The minimum atomic E-state index is -4.57. The minimum absolute atomic E-state index is 0.0572. The molecule has 2 aliphatic rings. The van der Waals surface area contributed by atoms with Crippen molar-refractivity contribution in [2.24, 2.45) is 5.92 Å². The third kappa shape index (κ3) is 11.4. The normalized spacial score (nSPS) is 15.0. The third-order valence-electron chi connectivity index (χ3n) is 11.6. The average molecular weight is 923 g/mol. The minimum Gasteiger partial charge on any atom is -0.492 e. The average Bonchev–Trinajstić information content (AvgIpc) is 3.77. The Morgan fingerprint density at radius 1 is 0.969 bits per heavy atom. The molecule has 2 aliphatic heterocycles. The van der Waals surface area contributed by atoms with Crippen molar-refractivity contribution in [3.8, 4) is 28.4 Å². The molecule has 3 N–H and O–H groups in total. The van der Waals surface area contributed by atoms with Crippen molar-refractivity contribution in [3.05, 3.63) is 130 Å². The molecule has 2 aromatic heterocycles. The standard InChI is InChI=1S/C47H51ClN8O8S/c1-53(2)21-24-63-38-9-5-35(42(27-38)33-3-6-36(48)7-4-33)31-54-17-19-55(20-18-54)37-8-11-41(45(26-37)64-39-25-34-13-16-49-46(34)51-30-39)47(57)52-65(60,61)40-10-12-43(44(28-40)56(58)59)50-29-32-14-22-62-23-15-32/h3-13,16,25-28,30,32,50H,14-15,17-24,29,31H2,1-2H3,(H,49,51)(H,52,57). The summed E-state index contributed by atoms with van der Waals surface area (Å²) in [6, 6.07) is 26.2. The molecule has 2 fully saturated rings. The van der Waals surface area contributed by atoms with E-state index in [0.717, 1.165) is 72.1 Å². The van der Waals surface area contributed by atoms with Gasteiger partial charge in [0.25, 0.3) is 21.6 Å². The van der Waals surface area contributed by atoms with Gasteiger partial charge in [-0.1, -0.05) is 29.8 Å². The highest BCUT2D eigenvalue weighted by Gasteiger charge is 2.27. The van der Waals surface area contributed by atoms with Crippen molar-refractivity contribution >= 4 is 55.6 Å². The van der Waals surface area contributed by atoms with Gasteiger partial charge in [0.2, 0.25) is 0 Å². The molecule has 340 valence electrons. The number of nitro groups is 1. The van der Waals surface area contributed by atoms with E-state index >= 15 is 0 Å². The molecule has 0 aliphatic carbocycles. The topological polar surface area (TPSA) is 184 Å². The lowest BCUT2D eigenvalue weighted by atomic mass is 9.98. The lowest BCUT2D eigenvalue weighted by Crippen LogP contribution is -2.46. The zero-order valence-corrected chi connectivity index (χ0v) is 37.7. The quantitative estimate of drug-likeness (QED) is 0.0595. The molecule has 2 saturated heterocycles. The number of sulfonamides is 1. The van der Waals surface area contributed by atoms with Crippen LogP contribution in [0.25, 0.3) is 22.2 Å². The summed E-state index contributed by atoms with van der Waals surface area (Å²) in [4.78, 5) is 39.1. The smallest absolute Gasteiger partial charge is 0.293 e. The number of carbonyl (C=O) groups excluding carboxylic acids is 1. The molecule has 6 aromatic rings. The number of nitrogens with zero attached hydrogens (tertiary/aromatic N) is 5. The lowest BCUT2D eigenvalue weighted by Gasteiger charge is -2.36. The Morgan fingerprint density at radius 2 is 1.75 bits per heavy atom. The largest absolute Gasteiger partial charge is 0.492 e. The summed E-state index contributed by atoms with van der Waals surface area (Å²) in [6.07, 6.45) is 4.90. The number of aromatic nitrogens is 2. The molecule has 16 nitrogen and oxygen atoms in total. The monoisotopic (exact) mass is 922 g/mol. The number of halogens is 1. The van der Waals surface area contributed by atoms with Crippen LogP contribution < -0.4 is 24.4 Å². The molecule has 0 radical (unpaired) electrons. The summed E-state index contributed by atoms with van der Waals surface area (Å²) in [5, 5.41) is 16.6. The number of nitrogens with one attached hydrogen (secondary N) is 3. The first-order valence-electron chi connectivity index (χ1n) is 21.4. The fraction of sp³-hybridized carbons (Fsp3) is 0.319. The molecule has 8 rings (SSSR count). The molecule has 65 heavy (non-hydrogen) atoms. The summed E-state index contributed by atoms with van der Waals surface area (Å²) in [5.74, 6) is 0.535. The van der Waals surface area contributed by atoms with Crippen LogP contribution in [0.1, 0.15) is 28.8 Å². The van der Waals surface area contributed by atoms with Crippen LogP contribution in [-0.2, 0) is 21.3 Å². The number of amides is 1. The second-order valence-electron chi connectivity index (χ2n) is 16.4. The second-order valence-corrected chi connectivity index (χ2v) is 18.5. The summed E-state index contributed by atoms with van der Waals surface area (Å²) >= 11 is 6.25. The number of ether oxygens (including phenoxy) is 3. The van der Waals surface area contributed by atoms with Crippen LogP contribution in [0.3, 0.4) is 0 Å². The molecule has 0 atom stereocenters. The Bertz CT molecular complexity index is 2760. The van der Waals surface area contributed by atoms with Crippen molar-refractivity contribution in [2.75, 3.05) is 83.4 Å². The number of rotatable bonds is 17. The van der Waals surface area contributed by atoms with Gasteiger partial charge in [-0.05, 0) is 110 Å². The van der Waals surface area contributed by atoms with Crippen LogP contribution >= 0.6 is 11.6 Å². The number of nitro benzene ring substituents is 1. The Hall–Kier alpha value is -6.24. The van der Waals surface area contributed by atoms with Gasteiger partial charge in [-0.2, -0.15) is 0 Å². The van der Waals surface area contributed by atoms with Crippen LogP contribution in [0.4, 0.5) is 17.1 Å². The number of benzene rings is 4. The maximum Gasteiger partial charge on any atom is 0.293 e. The first-order valence-corrected chi connectivity index (χ1v) is 23.3. The number of aromatic amines is 1. The molecule has 18 heteroatoms. The van der Waals surface area contributed by atoms with Gasteiger partial charge in [-0.3, -0.25) is 19.8 Å². The number of pyridine rings is 1. The van der Waals surface area contributed by atoms with Crippen LogP contribution in [0.2, 0.25) is 5.02 Å². The number of likely N-dealkylation sites (N-methyl/N-ethyl adjacent to an activating group) is 1. The van der Waals surface area contributed by atoms with Gasteiger partial charge >= 0.3 is 0 Å². The predicted octanol–water partition coefficient (Wildman–Crippen LogP) is 7.80. The number of carbonyl (C=O) groups is 1. The van der Waals surface area contributed by atoms with Gasteiger partial charge in [0.1, 0.15) is 35.2 Å². The van der Waals surface area contributed by atoms with E-state index < -0.39 is 31.4 Å². The molecule has 0 bridgehead atoms. The SMILES string of the molecule is CN(C)CCOc1ccc(CN2CCN(c3ccc(C(=O)NS(=O)(=O)c4ccc(NCC5CCOCC5)c([N+](=O)[O-])c4)c(Oc4cnc5[nH]ccc5c4)c3)CC2)c(-c2ccc(Cl)cc2)c1. The van der Waals surface area contributed by atoms with E-state index in [0.29, 0.717) is 62.4 Å². The number of fused-ring (bicyclic) bond motifs is 1. The molecule has 0 unspecified atom stereocenters. The van der Waals surface area contributed by atoms with Gasteiger partial charge < -0.3 is 34.3 Å². The van der Waals surface area contributed by atoms with E-state index in [9.17, 15) is 23.3 Å². The Morgan fingerprint density at radius 3 is 2.51 bits per heavy atom. The van der Waals surface area contributed by atoms with E-state index in [1.54, 1.807) is 24.4 Å². The van der Waals surface area contributed by atoms with Crippen LogP contribution in [0.15, 0.2) is 108 Å². The van der Waals surface area contributed by atoms with E-state index in [2.05, 4.69) is 46.8 Å². The molecule has 4 heterocycles. The first-order chi connectivity index (χ1) is 31.4. The second kappa shape index (κ2) is 20.3. The zero-order valence-electron chi connectivity index (χ0n) is 36.2. The number of hydrogen-bond donors (Lipinski definition) is 3. The van der Waals surface area contributed by atoms with Crippen molar-refractivity contribution in [1.29, 1.82) is 0 Å². The van der Waals surface area contributed by atoms with Gasteiger partial charge in [-0.15, -0.1) is 0 Å². The highest BCUT2D eigenvalue weighted by molar-refractivity contribution is 7.90. The van der Waals surface area contributed by atoms with Crippen molar-refractivity contribution < 1.29 is 32.3 Å². The van der Waals surface area contributed by atoms with Gasteiger partial charge in [0.15, 0.2) is 0 Å². The van der Waals surface area contributed by atoms with E-state index in [-0.39, 0.29) is 22.9 Å². The molecule has 0 spiro atoms. The van der Waals surface area contributed by atoms with Crippen LogP contribution in [0, 0.1) is 16.0 Å². The highest BCUT2D eigenvalue weighted by atomic mass is 35.5. The van der Waals surface area contributed by atoms with Crippen molar-refractivity contribution in [3.63, 3.8) is 0 Å². The molecular weight excluding hydrogens is 872 g/mol. The number of H-pyrrole nitrogens is 1. The molecule has 4 aromatic carbocycles. The maximum atomic E-state index is 13.9. The van der Waals surface area contributed by atoms with Crippen LogP contribution in [0.5, 0.6) is 17.2 Å². The lowest BCUT2D eigenvalue weighted by molar-refractivity contribution is -0.384. The summed E-state index contributed by atoms with van der Waals surface area (Å²) in [6.45, 7) is 6.60. The first kappa shape index (κ1) is 45.3. The fourth-order valence-corrected chi connectivity index (χ4v) is 9.05. The van der Waals surface area contributed by atoms with E-state index in [1.807, 2.05) is 50.5 Å². The predicted molar refractivity (Wildman–Crippen MR) is 251 cm³/mol. The Balaban J connectivity index is 0.994. The van der Waals surface area contributed by atoms with E-state index in [1.165, 1.54) is 24.4 Å². The molecular formula is C47H51ClN8O8S. The fourth-order valence-electron chi connectivity index (χ4n) is 7.93. The van der Waals surface area contributed by atoms with Gasteiger partial charge in [0, 0.05) is 93.5 Å². The summed E-state index contributed by atoms with van der Waals surface area (Å²) in [7, 11) is -0.547. The van der Waals surface area contributed by atoms with Crippen molar-refractivity contribution in [2.45, 2.75) is 24.3 Å². The number of hydrogen-bond acceptors (Lipinski definition) is 13. The van der Waals surface area contributed by atoms with Crippen molar-refractivity contribution in [1.82, 2.24) is 24.5 Å². The third-order valence-corrected chi connectivity index (χ3v) is 13.2. The number of anilines is 2. The molecule has 0 saturated carbocycles. The van der Waals surface area contributed by atoms with E-state index in [4.69, 9.17) is 25.8 Å².